The number of hydrogen-bond donors (Lipinski definition) is 2. The van der Waals surface area contributed by atoms with Crippen LogP contribution in [0.2, 0.25) is 5.02 Å². The number of nitrogens with one attached hydrogen (secondary N) is 1. The van der Waals surface area contributed by atoms with Gasteiger partial charge in [-0.2, -0.15) is 13.2 Å². The molecule has 0 radical (unpaired) electrons. The van der Waals surface area contributed by atoms with Crippen molar-refractivity contribution in [3.63, 3.8) is 0 Å². The van der Waals surface area contributed by atoms with E-state index < -0.39 is 34.8 Å². The van der Waals surface area contributed by atoms with Crippen molar-refractivity contribution in [2.24, 2.45) is 0 Å². The predicted molar refractivity (Wildman–Crippen MR) is 72.7 cm³/mol. The fourth-order valence-corrected chi connectivity index (χ4v) is 1.87. The summed E-state index contributed by atoms with van der Waals surface area (Å²) in [6.45, 7) is 0. The lowest BCUT2D eigenvalue weighted by atomic mass is 9.98. The summed E-state index contributed by atoms with van der Waals surface area (Å²) in [6.07, 6.45) is -5.59. The summed E-state index contributed by atoms with van der Waals surface area (Å²) in [7, 11) is 0.579. The Kier molecular flexibility index (Phi) is 5.84. The van der Waals surface area contributed by atoms with Gasteiger partial charge in [0.2, 0.25) is 5.91 Å². The Morgan fingerprint density at radius 1 is 1.35 bits per heavy atom. The maximum Gasteiger partial charge on any atom is 0.430 e. The topological polar surface area (TPSA) is 75.6 Å². The summed E-state index contributed by atoms with van der Waals surface area (Å²) in [5, 5.41) is 8.30. The van der Waals surface area contributed by atoms with E-state index in [9.17, 15) is 32.3 Å². The van der Waals surface area contributed by atoms with Crippen LogP contribution < -0.4 is 5.32 Å². The Hall–Kier alpha value is -1.58. The number of amides is 1. The molecule has 0 aliphatic rings. The summed E-state index contributed by atoms with van der Waals surface area (Å²) in [5.41, 5.74) is -4.56. The molecule has 0 aliphatic carbocycles. The first-order chi connectivity index (χ1) is 10.4. The van der Waals surface area contributed by atoms with Crippen molar-refractivity contribution in [2.45, 2.75) is 17.2 Å². The number of carbonyl (C=O) groups is 2. The molecule has 128 valence electrons. The van der Waals surface area contributed by atoms with Crippen LogP contribution in [0, 0.1) is 5.82 Å². The molecule has 0 bridgehead atoms. The zero-order valence-electron chi connectivity index (χ0n) is 11.2. The van der Waals surface area contributed by atoms with Crippen LogP contribution in [-0.4, -0.2) is 41.2 Å². The first-order valence-electron chi connectivity index (χ1n) is 5.72. The minimum atomic E-state index is -5.59. The van der Waals surface area contributed by atoms with Gasteiger partial charge in [-0.25, -0.2) is 9.18 Å². The lowest BCUT2D eigenvalue weighted by molar-refractivity contribution is -0.260. The number of hydrogen-bond acceptors (Lipinski definition) is 4. The molecule has 0 saturated heterocycles. The molecule has 1 aromatic rings. The maximum absolute atomic E-state index is 13.2. The standard InChI is InChI=1S/C12H9Cl2F4NO4/c1-23-10(21)11(22,12(16,17)18)8(14)9(20)19-5-2-3-6(13)7(15)4-5/h2-4,8,22H,1H3,(H,19,20). The third-order valence-electron chi connectivity index (χ3n) is 2.71. The highest BCUT2D eigenvalue weighted by Crippen LogP contribution is 2.37. The van der Waals surface area contributed by atoms with Gasteiger partial charge < -0.3 is 15.2 Å². The van der Waals surface area contributed by atoms with Crippen molar-refractivity contribution in [3.8, 4) is 0 Å². The molecule has 0 fully saturated rings. The van der Waals surface area contributed by atoms with Gasteiger partial charge in [0.25, 0.3) is 5.60 Å². The average Bonchev–Trinajstić information content (AvgIpc) is 2.47. The second kappa shape index (κ2) is 6.90. The van der Waals surface area contributed by atoms with Crippen LogP contribution in [0.3, 0.4) is 0 Å². The molecule has 1 aromatic carbocycles. The van der Waals surface area contributed by atoms with E-state index in [1.807, 2.05) is 5.32 Å². The van der Waals surface area contributed by atoms with Gasteiger partial charge in [-0.05, 0) is 18.2 Å². The Morgan fingerprint density at radius 3 is 2.35 bits per heavy atom. The van der Waals surface area contributed by atoms with E-state index in [4.69, 9.17) is 23.2 Å². The van der Waals surface area contributed by atoms with Crippen molar-refractivity contribution in [2.75, 3.05) is 12.4 Å². The SMILES string of the molecule is COC(=O)C(O)(C(Cl)C(=O)Nc1ccc(Cl)c(F)c1)C(F)(F)F. The van der Waals surface area contributed by atoms with Gasteiger partial charge in [0, 0.05) is 5.69 Å². The number of carbonyl (C=O) groups excluding carboxylic acids is 2. The summed E-state index contributed by atoms with van der Waals surface area (Å²) < 4.78 is 55.8. The van der Waals surface area contributed by atoms with E-state index in [1.54, 1.807) is 0 Å². The molecule has 5 nitrogen and oxygen atoms in total. The molecule has 2 N–H and O–H groups in total. The summed E-state index contributed by atoms with van der Waals surface area (Å²) in [5.74, 6) is -4.71. The Balaban J connectivity index is 3.09. The second-order valence-corrected chi connectivity index (χ2v) is 5.08. The number of ether oxygens (including phenoxy) is 1. The molecule has 0 aromatic heterocycles. The number of rotatable bonds is 4. The lowest BCUT2D eigenvalue weighted by Gasteiger charge is -2.30. The molecule has 2 atom stereocenters. The van der Waals surface area contributed by atoms with Crippen LogP contribution in [-0.2, 0) is 14.3 Å². The van der Waals surface area contributed by atoms with Crippen molar-refractivity contribution < 1.29 is 37.0 Å². The number of aliphatic hydroxyl groups is 1. The molecule has 1 amide bonds. The minimum Gasteiger partial charge on any atom is -0.467 e. The van der Waals surface area contributed by atoms with Gasteiger partial charge >= 0.3 is 12.1 Å². The monoisotopic (exact) mass is 377 g/mol. The lowest BCUT2D eigenvalue weighted by Crippen LogP contribution is -2.62. The summed E-state index contributed by atoms with van der Waals surface area (Å²) in [4.78, 5) is 23.0. The number of anilines is 1. The van der Waals surface area contributed by atoms with Gasteiger partial charge in [-0.3, -0.25) is 4.79 Å². The van der Waals surface area contributed by atoms with Crippen molar-refractivity contribution in [1.82, 2.24) is 0 Å². The zero-order valence-corrected chi connectivity index (χ0v) is 12.8. The normalized spacial score (nSPS) is 15.5. The zero-order chi connectivity index (χ0) is 18.0. The fourth-order valence-electron chi connectivity index (χ4n) is 1.49. The highest BCUT2D eigenvalue weighted by molar-refractivity contribution is 6.35. The molecule has 0 spiro atoms. The van der Waals surface area contributed by atoms with E-state index in [2.05, 4.69) is 4.74 Å². The molecule has 23 heavy (non-hydrogen) atoms. The number of halogens is 6. The first kappa shape index (κ1) is 19.5. The molecule has 2 unspecified atom stereocenters. The smallest absolute Gasteiger partial charge is 0.430 e. The molecule has 0 aliphatic heterocycles. The van der Waals surface area contributed by atoms with E-state index in [0.29, 0.717) is 13.2 Å². The van der Waals surface area contributed by atoms with Crippen LogP contribution in [0.4, 0.5) is 23.2 Å². The molecule has 0 saturated carbocycles. The Labute approximate surface area is 137 Å². The quantitative estimate of drug-likeness (QED) is 0.480. The van der Waals surface area contributed by atoms with Gasteiger partial charge in [0.05, 0.1) is 12.1 Å². The fraction of sp³-hybridized carbons (Fsp3) is 0.333. The largest absolute Gasteiger partial charge is 0.467 e. The van der Waals surface area contributed by atoms with Crippen molar-refractivity contribution >= 4 is 40.8 Å². The molecule has 11 heteroatoms. The molecule has 0 heterocycles. The number of methoxy groups -OCH3 is 1. The van der Waals surface area contributed by atoms with Crippen LogP contribution in [0.25, 0.3) is 0 Å². The van der Waals surface area contributed by atoms with Crippen LogP contribution >= 0.6 is 23.2 Å². The van der Waals surface area contributed by atoms with Gasteiger partial charge in [0.1, 0.15) is 5.82 Å². The maximum atomic E-state index is 13.2. The Bertz CT molecular complexity index is 626. The summed E-state index contributed by atoms with van der Waals surface area (Å²) in [6, 6.07) is 2.83. The van der Waals surface area contributed by atoms with E-state index >= 15 is 0 Å². The number of esters is 1. The van der Waals surface area contributed by atoms with Crippen LogP contribution in [0.1, 0.15) is 0 Å². The number of alkyl halides is 4. The molecular formula is C12H9Cl2F4NO4. The van der Waals surface area contributed by atoms with Crippen molar-refractivity contribution in [3.05, 3.63) is 29.0 Å². The highest BCUT2D eigenvalue weighted by Gasteiger charge is 2.67. The van der Waals surface area contributed by atoms with E-state index in [0.717, 1.165) is 12.1 Å². The van der Waals surface area contributed by atoms with E-state index in [1.165, 1.54) is 0 Å². The van der Waals surface area contributed by atoms with Crippen molar-refractivity contribution in [1.29, 1.82) is 0 Å². The number of benzene rings is 1. The van der Waals surface area contributed by atoms with Crippen LogP contribution in [0.15, 0.2) is 18.2 Å². The second-order valence-electron chi connectivity index (χ2n) is 4.24. The molecular weight excluding hydrogens is 369 g/mol. The first-order valence-corrected chi connectivity index (χ1v) is 6.54. The van der Waals surface area contributed by atoms with Gasteiger partial charge in [0.15, 0.2) is 5.38 Å². The third kappa shape index (κ3) is 3.85. The highest BCUT2D eigenvalue weighted by atomic mass is 35.5. The summed E-state index contributed by atoms with van der Waals surface area (Å²) >= 11 is 10.7. The third-order valence-corrected chi connectivity index (χ3v) is 3.53. The predicted octanol–water partition coefficient (Wildman–Crippen LogP) is 2.49. The Morgan fingerprint density at radius 2 is 1.91 bits per heavy atom. The minimum absolute atomic E-state index is 0.281. The average molecular weight is 378 g/mol. The molecule has 1 rings (SSSR count). The van der Waals surface area contributed by atoms with Gasteiger partial charge in [-0.15, -0.1) is 11.6 Å². The van der Waals surface area contributed by atoms with Gasteiger partial charge in [-0.1, -0.05) is 11.6 Å². The van der Waals surface area contributed by atoms with Crippen LogP contribution in [0.5, 0.6) is 0 Å². The van der Waals surface area contributed by atoms with E-state index in [-0.39, 0.29) is 10.7 Å².